The molecule has 0 spiro atoms. The van der Waals surface area contributed by atoms with E-state index >= 15 is 0 Å². The Morgan fingerprint density at radius 1 is 1.23 bits per heavy atom. The molecule has 0 radical (unpaired) electrons. The van der Waals surface area contributed by atoms with Gasteiger partial charge in [-0.15, -0.1) is 5.10 Å². The van der Waals surface area contributed by atoms with Crippen molar-refractivity contribution in [2.24, 2.45) is 0 Å². The molecule has 0 amide bonds. The number of halogens is 5. The van der Waals surface area contributed by atoms with Crippen LogP contribution in [0.25, 0.3) is 5.78 Å². The zero-order valence-corrected chi connectivity index (χ0v) is 13.1. The number of alkyl halides is 5. The molecule has 0 aliphatic carbocycles. The van der Waals surface area contributed by atoms with E-state index < -0.39 is 18.6 Å². The molecule has 0 bridgehead atoms. The monoisotopic (exact) mass is 374 g/mol. The highest BCUT2D eigenvalue weighted by atomic mass is 19.4. The molecule has 0 unspecified atom stereocenters. The zero-order valence-electron chi connectivity index (χ0n) is 13.1. The third kappa shape index (κ3) is 3.95. The molecule has 138 valence electrons. The van der Waals surface area contributed by atoms with Crippen molar-refractivity contribution in [3.8, 4) is 5.75 Å². The van der Waals surface area contributed by atoms with Gasteiger partial charge in [-0.2, -0.15) is 31.5 Å². The van der Waals surface area contributed by atoms with Crippen molar-refractivity contribution in [1.29, 1.82) is 0 Å². The minimum atomic E-state index is -4.69. The third-order valence-electron chi connectivity index (χ3n) is 3.17. The summed E-state index contributed by atoms with van der Waals surface area (Å²) in [6.45, 7) is -1.25. The summed E-state index contributed by atoms with van der Waals surface area (Å²) in [7, 11) is 0. The standard InChI is InChI=1S/C14H11F5N6O/c1-7-4-10(25-13(22-7)23-11(24-25)14(17,18)19)21-5-8-2-3-9(6-20-8)26-12(15)16/h2-4,6,12,21H,5H2,1H3. The summed E-state index contributed by atoms with van der Waals surface area (Å²) in [4.78, 5) is 11.2. The number of ether oxygens (including phenoxy) is 1. The minimum absolute atomic E-state index is 0.100. The second-order valence-corrected chi connectivity index (χ2v) is 5.15. The van der Waals surface area contributed by atoms with E-state index in [0.717, 1.165) is 10.7 Å². The van der Waals surface area contributed by atoms with Crippen LogP contribution in [-0.4, -0.2) is 31.2 Å². The van der Waals surface area contributed by atoms with Crippen LogP contribution in [0.2, 0.25) is 0 Å². The molecule has 1 N–H and O–H groups in total. The van der Waals surface area contributed by atoms with E-state index in [0.29, 0.717) is 11.4 Å². The van der Waals surface area contributed by atoms with Crippen LogP contribution in [0.5, 0.6) is 5.75 Å². The average Bonchev–Trinajstić information content (AvgIpc) is 2.97. The van der Waals surface area contributed by atoms with Gasteiger partial charge in [0.25, 0.3) is 11.6 Å². The summed E-state index contributed by atoms with van der Waals surface area (Å²) in [5.74, 6) is -1.37. The smallest absolute Gasteiger partial charge is 0.433 e. The highest BCUT2D eigenvalue weighted by molar-refractivity contribution is 5.45. The molecule has 0 saturated heterocycles. The molecule has 12 heteroatoms. The van der Waals surface area contributed by atoms with Crippen molar-refractivity contribution < 1.29 is 26.7 Å². The lowest BCUT2D eigenvalue weighted by atomic mass is 10.3. The van der Waals surface area contributed by atoms with Crippen molar-refractivity contribution in [3.05, 3.63) is 41.6 Å². The van der Waals surface area contributed by atoms with Crippen molar-refractivity contribution in [3.63, 3.8) is 0 Å². The lowest BCUT2D eigenvalue weighted by molar-refractivity contribution is -0.144. The van der Waals surface area contributed by atoms with Crippen molar-refractivity contribution in [1.82, 2.24) is 24.6 Å². The Hall–Kier alpha value is -3.05. The van der Waals surface area contributed by atoms with E-state index in [-0.39, 0.29) is 23.9 Å². The van der Waals surface area contributed by atoms with Crippen LogP contribution >= 0.6 is 0 Å². The second-order valence-electron chi connectivity index (χ2n) is 5.15. The predicted octanol–water partition coefficient (Wildman–Crippen LogP) is 3.06. The van der Waals surface area contributed by atoms with E-state index in [2.05, 4.69) is 30.1 Å². The van der Waals surface area contributed by atoms with E-state index in [1.165, 1.54) is 18.2 Å². The fraction of sp³-hybridized carbons (Fsp3) is 0.286. The number of hydrogen-bond donors (Lipinski definition) is 1. The normalized spacial score (nSPS) is 12.0. The molecule has 0 saturated carbocycles. The molecule has 0 aliphatic rings. The lowest BCUT2D eigenvalue weighted by Gasteiger charge is -2.09. The summed E-state index contributed by atoms with van der Waals surface area (Å²) in [5.41, 5.74) is 0.889. The van der Waals surface area contributed by atoms with E-state index in [9.17, 15) is 22.0 Å². The molecular weight excluding hydrogens is 363 g/mol. The largest absolute Gasteiger partial charge is 0.453 e. The SMILES string of the molecule is Cc1cc(NCc2ccc(OC(F)F)cn2)n2nc(C(F)(F)F)nc2n1. The first-order valence-electron chi connectivity index (χ1n) is 7.17. The quantitative estimate of drug-likeness (QED) is 0.692. The van der Waals surface area contributed by atoms with Gasteiger partial charge >= 0.3 is 12.8 Å². The maximum atomic E-state index is 12.8. The Morgan fingerprint density at radius 2 is 2.00 bits per heavy atom. The summed E-state index contributed by atoms with van der Waals surface area (Å²) in [6, 6.07) is 4.25. The average molecular weight is 374 g/mol. The van der Waals surface area contributed by atoms with Gasteiger partial charge in [0, 0.05) is 11.8 Å². The van der Waals surface area contributed by atoms with Crippen molar-refractivity contribution in [2.45, 2.75) is 26.3 Å². The zero-order chi connectivity index (χ0) is 18.9. The number of anilines is 1. The highest BCUT2D eigenvalue weighted by Gasteiger charge is 2.36. The molecule has 7 nitrogen and oxygen atoms in total. The van der Waals surface area contributed by atoms with Crippen LogP contribution in [0.15, 0.2) is 24.4 Å². The van der Waals surface area contributed by atoms with Crippen LogP contribution in [0, 0.1) is 6.92 Å². The summed E-state index contributed by atoms with van der Waals surface area (Å²) >= 11 is 0. The number of hydrogen-bond acceptors (Lipinski definition) is 6. The molecule has 0 aliphatic heterocycles. The number of rotatable bonds is 5. The van der Waals surface area contributed by atoms with Gasteiger partial charge in [-0.1, -0.05) is 0 Å². The van der Waals surface area contributed by atoms with Crippen LogP contribution < -0.4 is 10.1 Å². The van der Waals surface area contributed by atoms with Gasteiger partial charge in [0.05, 0.1) is 18.4 Å². The number of pyridine rings is 1. The van der Waals surface area contributed by atoms with Crippen LogP contribution in [-0.2, 0) is 12.7 Å². The lowest BCUT2D eigenvalue weighted by Crippen LogP contribution is -2.10. The van der Waals surface area contributed by atoms with Gasteiger partial charge in [0.1, 0.15) is 11.6 Å². The number of aromatic nitrogens is 5. The Bertz CT molecular complexity index is 909. The molecule has 3 heterocycles. The molecule has 0 aromatic carbocycles. The highest BCUT2D eigenvalue weighted by Crippen LogP contribution is 2.27. The fourth-order valence-electron chi connectivity index (χ4n) is 2.10. The molecular formula is C14H11F5N6O. The van der Waals surface area contributed by atoms with Crippen LogP contribution in [0.3, 0.4) is 0 Å². The second kappa shape index (κ2) is 6.69. The Balaban J connectivity index is 1.81. The van der Waals surface area contributed by atoms with E-state index in [1.807, 2.05) is 0 Å². The number of nitrogens with zero attached hydrogens (tertiary/aromatic N) is 5. The van der Waals surface area contributed by atoms with E-state index in [4.69, 9.17) is 0 Å². The first kappa shape index (κ1) is 17.8. The van der Waals surface area contributed by atoms with Gasteiger partial charge in [-0.3, -0.25) is 4.98 Å². The summed E-state index contributed by atoms with van der Waals surface area (Å²) in [6.07, 6.45) is -3.57. The summed E-state index contributed by atoms with van der Waals surface area (Å²) in [5, 5.41) is 6.29. The van der Waals surface area contributed by atoms with Crippen molar-refractivity contribution >= 4 is 11.6 Å². The Kier molecular flexibility index (Phi) is 4.57. The van der Waals surface area contributed by atoms with Gasteiger partial charge in [-0.25, -0.2) is 4.98 Å². The fourth-order valence-corrected chi connectivity index (χ4v) is 2.10. The van der Waals surface area contributed by atoms with Crippen LogP contribution in [0.4, 0.5) is 27.8 Å². The topological polar surface area (TPSA) is 77.2 Å². The number of nitrogens with one attached hydrogen (secondary N) is 1. The van der Waals surface area contributed by atoms with Crippen molar-refractivity contribution in [2.75, 3.05) is 5.32 Å². The van der Waals surface area contributed by atoms with Gasteiger partial charge in [0.2, 0.25) is 0 Å². The summed E-state index contributed by atoms with van der Waals surface area (Å²) < 4.78 is 67.6. The first-order valence-corrected chi connectivity index (χ1v) is 7.17. The van der Waals surface area contributed by atoms with Gasteiger partial charge in [0.15, 0.2) is 0 Å². The van der Waals surface area contributed by atoms with Crippen LogP contribution in [0.1, 0.15) is 17.2 Å². The Morgan fingerprint density at radius 3 is 2.62 bits per heavy atom. The molecule has 0 atom stereocenters. The van der Waals surface area contributed by atoms with Gasteiger partial charge in [-0.05, 0) is 19.1 Å². The molecule has 3 rings (SSSR count). The first-order chi connectivity index (χ1) is 12.2. The Labute approximate surface area is 142 Å². The third-order valence-corrected chi connectivity index (χ3v) is 3.17. The number of fused-ring (bicyclic) bond motifs is 1. The molecule has 3 aromatic heterocycles. The van der Waals surface area contributed by atoms with Gasteiger partial charge < -0.3 is 10.1 Å². The van der Waals surface area contributed by atoms with E-state index in [1.54, 1.807) is 6.92 Å². The molecule has 26 heavy (non-hydrogen) atoms. The maximum absolute atomic E-state index is 12.8. The number of aryl methyl sites for hydroxylation is 1. The minimum Gasteiger partial charge on any atom is -0.433 e. The molecule has 3 aromatic rings. The molecule has 0 fully saturated rings. The predicted molar refractivity (Wildman–Crippen MR) is 78.7 cm³/mol. The maximum Gasteiger partial charge on any atom is 0.453 e.